The Morgan fingerprint density at radius 3 is 2.37 bits per heavy atom. The largest absolute Gasteiger partial charge is 0.492 e. The number of rotatable bonds is 7. The first-order chi connectivity index (χ1) is 12.6. The fourth-order valence-electron chi connectivity index (χ4n) is 2.81. The molecule has 0 bridgehead atoms. The number of carbonyl (C=O) groups is 1. The third-order valence-electron chi connectivity index (χ3n) is 4.44. The second-order valence-electron chi connectivity index (χ2n) is 6.28. The standard InChI is InChI=1S/C16H24N2O7S2/c1-17-27(22,23)15-10-13(16(19)24-2)4-5-14(15)25-11-12-6-8-18(9-7-12)26(3,20)21/h4-5,10,12,17H,6-9,11H2,1-3H3. The van der Waals surface area contributed by atoms with Gasteiger partial charge in [-0.3, -0.25) is 0 Å². The molecule has 1 aromatic carbocycles. The van der Waals surface area contributed by atoms with Crippen LogP contribution in [0.15, 0.2) is 23.1 Å². The maximum atomic E-state index is 12.3. The van der Waals surface area contributed by atoms with E-state index in [1.165, 1.54) is 42.9 Å². The van der Waals surface area contributed by atoms with E-state index in [4.69, 9.17) is 4.74 Å². The highest BCUT2D eigenvalue weighted by Gasteiger charge is 2.26. The van der Waals surface area contributed by atoms with E-state index in [9.17, 15) is 21.6 Å². The molecule has 1 N–H and O–H groups in total. The van der Waals surface area contributed by atoms with Crippen LogP contribution in [0.3, 0.4) is 0 Å². The molecule has 11 heteroatoms. The number of nitrogens with zero attached hydrogens (tertiary/aromatic N) is 1. The van der Waals surface area contributed by atoms with Crippen molar-refractivity contribution in [3.05, 3.63) is 23.8 Å². The minimum Gasteiger partial charge on any atom is -0.492 e. The van der Waals surface area contributed by atoms with Crippen LogP contribution in [0, 0.1) is 5.92 Å². The number of hydrogen-bond donors (Lipinski definition) is 1. The average Bonchev–Trinajstić information content (AvgIpc) is 2.65. The zero-order chi connectivity index (χ0) is 20.2. The lowest BCUT2D eigenvalue weighted by molar-refractivity contribution is 0.0600. The van der Waals surface area contributed by atoms with Gasteiger partial charge in [0.2, 0.25) is 20.0 Å². The lowest BCUT2D eigenvalue weighted by atomic mass is 9.99. The van der Waals surface area contributed by atoms with Crippen LogP contribution in [-0.4, -0.2) is 67.2 Å². The maximum absolute atomic E-state index is 12.3. The second kappa shape index (κ2) is 8.55. The van der Waals surface area contributed by atoms with Crippen molar-refractivity contribution in [2.24, 2.45) is 5.92 Å². The minimum absolute atomic E-state index is 0.0973. The molecule has 0 saturated carbocycles. The number of esters is 1. The number of carbonyl (C=O) groups excluding carboxylic acids is 1. The molecular weight excluding hydrogens is 396 g/mol. The molecule has 0 unspecified atom stereocenters. The van der Waals surface area contributed by atoms with E-state index in [0.717, 1.165) is 0 Å². The van der Waals surface area contributed by atoms with E-state index < -0.39 is 26.0 Å². The minimum atomic E-state index is -3.84. The van der Waals surface area contributed by atoms with Gasteiger partial charge < -0.3 is 9.47 Å². The maximum Gasteiger partial charge on any atom is 0.337 e. The van der Waals surface area contributed by atoms with Gasteiger partial charge in [0.25, 0.3) is 0 Å². The van der Waals surface area contributed by atoms with Crippen molar-refractivity contribution in [2.75, 3.05) is 40.1 Å². The molecule has 0 aromatic heterocycles. The van der Waals surface area contributed by atoms with Crippen molar-refractivity contribution in [1.29, 1.82) is 0 Å². The lowest BCUT2D eigenvalue weighted by Gasteiger charge is -2.30. The number of methoxy groups -OCH3 is 1. The van der Waals surface area contributed by atoms with Crippen molar-refractivity contribution in [3.8, 4) is 5.75 Å². The van der Waals surface area contributed by atoms with Crippen molar-refractivity contribution in [3.63, 3.8) is 0 Å². The van der Waals surface area contributed by atoms with E-state index in [2.05, 4.69) is 9.46 Å². The Morgan fingerprint density at radius 2 is 1.85 bits per heavy atom. The fourth-order valence-corrected chi connectivity index (χ4v) is 4.58. The highest BCUT2D eigenvalue weighted by molar-refractivity contribution is 7.89. The molecule has 1 fully saturated rings. The van der Waals surface area contributed by atoms with Crippen LogP contribution >= 0.6 is 0 Å². The number of nitrogens with one attached hydrogen (secondary N) is 1. The predicted molar refractivity (Wildman–Crippen MR) is 98.7 cm³/mol. The van der Waals surface area contributed by atoms with Crippen LogP contribution in [0.5, 0.6) is 5.75 Å². The molecule has 1 aliphatic heterocycles. The molecule has 0 spiro atoms. The average molecular weight is 421 g/mol. The summed E-state index contributed by atoms with van der Waals surface area (Å²) in [6.07, 6.45) is 2.43. The number of piperidine rings is 1. The number of sulfonamides is 2. The Bertz CT molecular complexity index is 889. The summed E-state index contributed by atoms with van der Waals surface area (Å²) in [5, 5.41) is 0. The quantitative estimate of drug-likeness (QED) is 0.635. The van der Waals surface area contributed by atoms with Gasteiger partial charge in [-0.15, -0.1) is 0 Å². The lowest BCUT2D eigenvalue weighted by Crippen LogP contribution is -2.39. The second-order valence-corrected chi connectivity index (χ2v) is 10.1. The Kier molecular flexibility index (Phi) is 6.84. The van der Waals surface area contributed by atoms with Gasteiger partial charge in [0, 0.05) is 13.1 Å². The van der Waals surface area contributed by atoms with Crippen LogP contribution < -0.4 is 9.46 Å². The first-order valence-corrected chi connectivity index (χ1v) is 11.7. The smallest absolute Gasteiger partial charge is 0.337 e. The van der Waals surface area contributed by atoms with E-state index in [-0.39, 0.29) is 28.7 Å². The van der Waals surface area contributed by atoms with Crippen LogP contribution in [0.1, 0.15) is 23.2 Å². The molecule has 9 nitrogen and oxygen atoms in total. The highest BCUT2D eigenvalue weighted by atomic mass is 32.2. The molecule has 1 heterocycles. The molecule has 1 aromatic rings. The summed E-state index contributed by atoms with van der Waals surface area (Å²) in [7, 11) is -4.57. The number of hydrogen-bond acceptors (Lipinski definition) is 7. The summed E-state index contributed by atoms with van der Waals surface area (Å²) in [6, 6.07) is 4.06. The molecular formula is C16H24N2O7S2. The summed E-state index contributed by atoms with van der Waals surface area (Å²) >= 11 is 0. The summed E-state index contributed by atoms with van der Waals surface area (Å²) in [6.45, 7) is 1.08. The first-order valence-electron chi connectivity index (χ1n) is 8.32. The highest BCUT2D eigenvalue weighted by Crippen LogP contribution is 2.27. The Balaban J connectivity index is 2.13. The van der Waals surface area contributed by atoms with Gasteiger partial charge in [-0.2, -0.15) is 0 Å². The Morgan fingerprint density at radius 1 is 1.22 bits per heavy atom. The zero-order valence-corrected chi connectivity index (χ0v) is 17.1. The monoisotopic (exact) mass is 420 g/mol. The molecule has 2 rings (SSSR count). The molecule has 152 valence electrons. The number of ether oxygens (including phenoxy) is 2. The predicted octanol–water partition coefficient (Wildman–Crippen LogP) is 0.432. The van der Waals surface area contributed by atoms with E-state index in [1.807, 2.05) is 0 Å². The molecule has 27 heavy (non-hydrogen) atoms. The van der Waals surface area contributed by atoms with Crippen LogP contribution in [-0.2, 0) is 24.8 Å². The summed E-state index contributed by atoms with van der Waals surface area (Å²) in [5.74, 6) is -0.418. The van der Waals surface area contributed by atoms with Crippen LogP contribution in [0.4, 0.5) is 0 Å². The third kappa shape index (κ3) is 5.41. The zero-order valence-electron chi connectivity index (χ0n) is 15.5. The van der Waals surface area contributed by atoms with E-state index in [0.29, 0.717) is 25.9 Å². The van der Waals surface area contributed by atoms with Crippen LogP contribution in [0.2, 0.25) is 0 Å². The third-order valence-corrected chi connectivity index (χ3v) is 7.18. The van der Waals surface area contributed by atoms with Crippen molar-refractivity contribution < 1.29 is 31.1 Å². The van der Waals surface area contributed by atoms with Gasteiger partial charge in [0.1, 0.15) is 10.6 Å². The molecule has 0 radical (unpaired) electrons. The van der Waals surface area contributed by atoms with Gasteiger partial charge in [-0.25, -0.2) is 30.7 Å². The topological polar surface area (TPSA) is 119 Å². The molecule has 0 aliphatic carbocycles. The Labute approximate surface area is 159 Å². The van der Waals surface area contributed by atoms with Crippen molar-refractivity contribution in [1.82, 2.24) is 9.03 Å². The van der Waals surface area contributed by atoms with Gasteiger partial charge in [-0.1, -0.05) is 0 Å². The summed E-state index contributed by atoms with van der Waals surface area (Å²) in [5.41, 5.74) is 0.0973. The number of benzene rings is 1. The van der Waals surface area contributed by atoms with Gasteiger partial charge in [0.05, 0.1) is 25.5 Å². The molecule has 0 atom stereocenters. The molecule has 1 aliphatic rings. The molecule has 0 amide bonds. The van der Waals surface area contributed by atoms with E-state index in [1.54, 1.807) is 0 Å². The van der Waals surface area contributed by atoms with Crippen LogP contribution in [0.25, 0.3) is 0 Å². The van der Waals surface area contributed by atoms with Gasteiger partial charge in [-0.05, 0) is 44.0 Å². The fraction of sp³-hybridized carbons (Fsp3) is 0.562. The van der Waals surface area contributed by atoms with Crippen molar-refractivity contribution >= 4 is 26.0 Å². The van der Waals surface area contributed by atoms with Gasteiger partial charge >= 0.3 is 5.97 Å². The summed E-state index contributed by atoms with van der Waals surface area (Å²) < 4.78 is 61.6. The first kappa shape index (κ1) is 21.6. The Hall–Kier alpha value is -1.69. The SMILES string of the molecule is CNS(=O)(=O)c1cc(C(=O)OC)ccc1OCC1CCN(S(C)(=O)=O)CC1. The normalized spacial score (nSPS) is 16.9. The molecule has 1 saturated heterocycles. The van der Waals surface area contributed by atoms with Gasteiger partial charge in [0.15, 0.2) is 0 Å². The summed E-state index contributed by atoms with van der Waals surface area (Å²) in [4.78, 5) is 11.5. The van der Waals surface area contributed by atoms with E-state index >= 15 is 0 Å². The van der Waals surface area contributed by atoms with Crippen molar-refractivity contribution in [2.45, 2.75) is 17.7 Å².